The number of likely N-dealkylation sites (N-methyl/N-ethyl adjacent to an activating group) is 1. The zero-order valence-corrected chi connectivity index (χ0v) is 17.0. The smallest absolute Gasteiger partial charge is 0.261 e. The van der Waals surface area contributed by atoms with Crippen LogP contribution in [0.25, 0.3) is 0 Å². The van der Waals surface area contributed by atoms with Crippen molar-refractivity contribution in [3.8, 4) is 5.75 Å². The molecular weight excluding hydrogens is 370 g/mol. The molecule has 2 heterocycles. The number of hydrogen-bond acceptors (Lipinski definition) is 5. The van der Waals surface area contributed by atoms with E-state index in [2.05, 4.69) is 9.88 Å². The van der Waals surface area contributed by atoms with E-state index >= 15 is 0 Å². The van der Waals surface area contributed by atoms with Crippen molar-refractivity contribution >= 4 is 5.91 Å². The summed E-state index contributed by atoms with van der Waals surface area (Å²) in [6, 6.07) is 6.59. The van der Waals surface area contributed by atoms with Crippen LogP contribution in [0.3, 0.4) is 0 Å². The van der Waals surface area contributed by atoms with Gasteiger partial charge in [-0.3, -0.25) is 9.59 Å². The maximum absolute atomic E-state index is 12.4. The molecule has 2 aliphatic rings. The molecule has 1 aliphatic carbocycles. The molecule has 7 nitrogen and oxygen atoms in total. The van der Waals surface area contributed by atoms with Crippen LogP contribution in [-0.2, 0) is 18.3 Å². The fourth-order valence-electron chi connectivity index (χ4n) is 5.39. The molecule has 154 valence electrons. The number of fused-ring (bicyclic) bond motifs is 2. The van der Waals surface area contributed by atoms with Gasteiger partial charge in [-0.2, -0.15) is 0 Å². The molecule has 1 amide bonds. The summed E-state index contributed by atoms with van der Waals surface area (Å²) in [4.78, 5) is 29.0. The summed E-state index contributed by atoms with van der Waals surface area (Å²) in [5, 5.41) is 22.4. The van der Waals surface area contributed by atoms with Crippen molar-refractivity contribution in [3.05, 3.63) is 62.6 Å². The largest absolute Gasteiger partial charge is 0.508 e. The number of likely N-dealkylation sites (tertiary alicyclic amines) is 1. The van der Waals surface area contributed by atoms with Crippen LogP contribution in [0.5, 0.6) is 5.75 Å². The molecule has 4 rings (SSSR count). The van der Waals surface area contributed by atoms with Crippen LogP contribution >= 0.6 is 0 Å². The number of primary amides is 1. The Kier molecular flexibility index (Phi) is 4.36. The molecule has 1 aromatic heterocycles. The number of aliphatic hydroxyl groups is 1. The Hall–Kier alpha value is -2.64. The quantitative estimate of drug-likeness (QED) is 0.602. The number of piperidine rings is 1. The number of nitrogens with one attached hydrogen (secondary N) is 1. The minimum atomic E-state index is -1.15. The minimum Gasteiger partial charge on any atom is -0.508 e. The number of amides is 1. The minimum absolute atomic E-state index is 0.0924. The first kappa shape index (κ1) is 19.7. The Morgan fingerprint density at radius 1 is 1.31 bits per heavy atom. The van der Waals surface area contributed by atoms with Gasteiger partial charge in [-0.15, -0.1) is 0 Å². The molecule has 0 bridgehead atoms. The number of aromatic amines is 1. The molecule has 0 saturated carbocycles. The highest BCUT2D eigenvalue weighted by Gasteiger charge is 2.60. The Bertz CT molecular complexity index is 1060. The SMILES string of the molecule is Cc1ccc(O)cc1C12CCN(C)C(C)C1(O)Cc1cc(C(N)=O)c(=O)[nH]c1C2. The molecule has 1 fully saturated rings. The summed E-state index contributed by atoms with van der Waals surface area (Å²) in [5.41, 5.74) is 6.25. The van der Waals surface area contributed by atoms with Crippen LogP contribution < -0.4 is 11.3 Å². The van der Waals surface area contributed by atoms with E-state index in [9.17, 15) is 19.8 Å². The summed E-state index contributed by atoms with van der Waals surface area (Å²) in [5.74, 6) is -0.632. The van der Waals surface area contributed by atoms with E-state index in [0.29, 0.717) is 18.5 Å². The number of benzene rings is 1. The number of carbonyl (C=O) groups excluding carboxylic acids is 1. The lowest BCUT2D eigenvalue weighted by Gasteiger charge is -2.59. The first-order chi connectivity index (χ1) is 13.6. The summed E-state index contributed by atoms with van der Waals surface area (Å²) in [7, 11) is 1.99. The molecule has 5 N–H and O–H groups in total. The van der Waals surface area contributed by atoms with Crippen molar-refractivity contribution in [3.63, 3.8) is 0 Å². The highest BCUT2D eigenvalue weighted by molar-refractivity contribution is 5.92. The molecule has 1 aromatic carbocycles. The predicted molar refractivity (Wildman–Crippen MR) is 109 cm³/mol. The zero-order chi connectivity index (χ0) is 21.1. The second-order valence-electron chi connectivity index (χ2n) is 8.65. The van der Waals surface area contributed by atoms with Crippen molar-refractivity contribution in [1.82, 2.24) is 9.88 Å². The van der Waals surface area contributed by atoms with Gasteiger partial charge >= 0.3 is 0 Å². The number of hydrogen-bond donors (Lipinski definition) is 4. The Labute approximate surface area is 169 Å². The monoisotopic (exact) mass is 397 g/mol. The summed E-state index contributed by atoms with van der Waals surface area (Å²) < 4.78 is 0. The van der Waals surface area contributed by atoms with E-state index in [4.69, 9.17) is 5.73 Å². The lowest BCUT2D eigenvalue weighted by Crippen LogP contribution is -2.70. The van der Waals surface area contributed by atoms with Crippen molar-refractivity contribution in [2.24, 2.45) is 5.73 Å². The van der Waals surface area contributed by atoms with Gasteiger partial charge in [-0.25, -0.2) is 0 Å². The number of carbonyl (C=O) groups is 1. The van der Waals surface area contributed by atoms with Crippen LogP contribution in [0.1, 0.15) is 46.1 Å². The third kappa shape index (κ3) is 2.72. The maximum Gasteiger partial charge on any atom is 0.261 e. The van der Waals surface area contributed by atoms with Crippen LogP contribution in [0.2, 0.25) is 0 Å². The van der Waals surface area contributed by atoms with E-state index in [-0.39, 0.29) is 23.8 Å². The Morgan fingerprint density at radius 3 is 2.72 bits per heavy atom. The third-order valence-electron chi connectivity index (χ3n) is 7.23. The third-order valence-corrected chi connectivity index (χ3v) is 7.23. The number of aryl methyl sites for hydroxylation is 1. The van der Waals surface area contributed by atoms with Gasteiger partial charge < -0.3 is 25.8 Å². The molecule has 29 heavy (non-hydrogen) atoms. The average Bonchev–Trinajstić information content (AvgIpc) is 2.66. The topological polar surface area (TPSA) is 120 Å². The number of pyridine rings is 1. The first-order valence-electron chi connectivity index (χ1n) is 9.86. The van der Waals surface area contributed by atoms with Crippen molar-refractivity contribution < 1.29 is 15.0 Å². The fourth-order valence-corrected chi connectivity index (χ4v) is 5.39. The van der Waals surface area contributed by atoms with E-state index in [0.717, 1.165) is 23.2 Å². The number of H-pyrrole nitrogens is 1. The van der Waals surface area contributed by atoms with Gasteiger partial charge in [0.15, 0.2) is 0 Å². The summed E-state index contributed by atoms with van der Waals surface area (Å²) in [6.07, 6.45) is 1.36. The molecule has 3 atom stereocenters. The number of aromatic nitrogens is 1. The predicted octanol–water partition coefficient (Wildman–Crippen LogP) is 0.980. The van der Waals surface area contributed by atoms with E-state index < -0.39 is 22.5 Å². The van der Waals surface area contributed by atoms with Gasteiger partial charge in [0.25, 0.3) is 11.5 Å². The highest BCUT2D eigenvalue weighted by atomic mass is 16.3. The van der Waals surface area contributed by atoms with Gasteiger partial charge in [0, 0.05) is 30.0 Å². The first-order valence-corrected chi connectivity index (χ1v) is 9.86. The number of rotatable bonds is 2. The van der Waals surface area contributed by atoms with Crippen LogP contribution in [0.15, 0.2) is 29.1 Å². The zero-order valence-electron chi connectivity index (χ0n) is 17.0. The Morgan fingerprint density at radius 2 is 2.03 bits per heavy atom. The molecule has 7 heteroatoms. The van der Waals surface area contributed by atoms with E-state index in [1.165, 1.54) is 6.07 Å². The van der Waals surface area contributed by atoms with Gasteiger partial charge in [0.2, 0.25) is 0 Å². The van der Waals surface area contributed by atoms with Crippen LogP contribution in [-0.4, -0.2) is 51.2 Å². The number of aromatic hydroxyl groups is 1. The summed E-state index contributed by atoms with van der Waals surface area (Å²) in [6.45, 7) is 4.75. The van der Waals surface area contributed by atoms with Gasteiger partial charge in [-0.1, -0.05) is 6.07 Å². The highest BCUT2D eigenvalue weighted by Crippen LogP contribution is 2.53. The summed E-state index contributed by atoms with van der Waals surface area (Å²) >= 11 is 0. The lowest BCUT2D eigenvalue weighted by molar-refractivity contribution is -0.132. The maximum atomic E-state index is 12.4. The molecule has 0 radical (unpaired) electrons. The molecule has 1 saturated heterocycles. The van der Waals surface area contributed by atoms with Crippen LogP contribution in [0, 0.1) is 6.92 Å². The number of phenolic OH excluding ortho intramolecular Hbond substituents is 1. The second kappa shape index (κ2) is 6.43. The standard InChI is InChI=1S/C22H27N3O4/c1-12-4-5-15(26)9-17(12)21-6-7-25(3)13(2)22(21,29)10-14-8-16(19(23)27)20(28)24-18(14)11-21/h4-5,8-9,13,26,29H,6-7,10-11H2,1-3H3,(H2,23,27)(H,24,28). The number of nitrogens with zero attached hydrogens (tertiary/aromatic N) is 1. The van der Waals surface area contributed by atoms with E-state index in [1.54, 1.807) is 12.1 Å². The molecular formula is C22H27N3O4. The molecule has 2 aromatic rings. The molecule has 1 aliphatic heterocycles. The van der Waals surface area contributed by atoms with Gasteiger partial charge in [0.1, 0.15) is 11.3 Å². The van der Waals surface area contributed by atoms with Crippen molar-refractivity contribution in [2.45, 2.75) is 50.2 Å². The Balaban J connectivity index is 1.98. The van der Waals surface area contributed by atoms with Crippen molar-refractivity contribution in [2.75, 3.05) is 13.6 Å². The molecule has 3 unspecified atom stereocenters. The fraction of sp³-hybridized carbons (Fsp3) is 0.455. The van der Waals surface area contributed by atoms with Crippen LogP contribution in [0.4, 0.5) is 0 Å². The average molecular weight is 397 g/mol. The van der Waals surface area contributed by atoms with E-state index in [1.807, 2.05) is 27.0 Å². The normalized spacial score (nSPS) is 29.2. The van der Waals surface area contributed by atoms with Crippen molar-refractivity contribution in [1.29, 1.82) is 0 Å². The second-order valence-corrected chi connectivity index (χ2v) is 8.65. The lowest BCUT2D eigenvalue weighted by atomic mass is 9.53. The molecule has 0 spiro atoms. The number of phenols is 1. The number of nitrogens with two attached hydrogens (primary N) is 1. The van der Waals surface area contributed by atoms with Gasteiger partial charge in [-0.05, 0) is 68.8 Å². The van der Waals surface area contributed by atoms with Gasteiger partial charge in [0.05, 0.1) is 5.60 Å².